The quantitative estimate of drug-likeness (QED) is 0.648. The molecule has 0 amide bonds. The second-order valence-corrected chi connectivity index (χ2v) is 6.17. The second-order valence-electron chi connectivity index (χ2n) is 4.86. The van der Waals surface area contributed by atoms with E-state index in [-0.39, 0.29) is 5.25 Å². The summed E-state index contributed by atoms with van der Waals surface area (Å²) >= 11 is 1.66. The molecule has 0 spiro atoms. The Balaban J connectivity index is 1.74. The van der Waals surface area contributed by atoms with E-state index in [1.165, 1.54) is 5.56 Å². The molecule has 6 heteroatoms. The number of benzene rings is 1. The van der Waals surface area contributed by atoms with Crippen LogP contribution in [0.5, 0.6) is 5.75 Å². The number of hydrogen-bond donors (Lipinski definition) is 0. The van der Waals surface area contributed by atoms with Gasteiger partial charge in [-0.1, -0.05) is 23.9 Å². The van der Waals surface area contributed by atoms with Crippen LogP contribution in [0, 0.1) is 0 Å². The molecule has 0 aliphatic heterocycles. The Kier molecular flexibility index (Phi) is 4.48. The van der Waals surface area contributed by atoms with E-state index in [0.29, 0.717) is 6.54 Å². The standard InChI is InChI=1S/C16H17N3O2S/c1-12(13-5-3-6-14(9-13)20-2)22-16-18-17-11-19(16)10-15-7-4-8-21-15/h3-9,11-12H,10H2,1-2H3. The highest BCUT2D eigenvalue weighted by atomic mass is 32.2. The van der Waals surface area contributed by atoms with Crippen molar-refractivity contribution in [1.29, 1.82) is 0 Å². The third-order valence-corrected chi connectivity index (χ3v) is 4.48. The molecule has 1 aromatic carbocycles. The normalized spacial score (nSPS) is 12.3. The molecule has 5 nitrogen and oxygen atoms in total. The van der Waals surface area contributed by atoms with Crippen LogP contribution in [0.1, 0.15) is 23.5 Å². The van der Waals surface area contributed by atoms with Crippen LogP contribution in [-0.2, 0) is 6.54 Å². The van der Waals surface area contributed by atoms with E-state index in [0.717, 1.165) is 16.7 Å². The van der Waals surface area contributed by atoms with Gasteiger partial charge in [0.25, 0.3) is 0 Å². The van der Waals surface area contributed by atoms with Gasteiger partial charge in [0.2, 0.25) is 0 Å². The molecule has 2 aromatic heterocycles. The maximum absolute atomic E-state index is 5.38. The lowest BCUT2D eigenvalue weighted by Gasteiger charge is -2.12. The molecule has 0 bridgehead atoms. The first-order chi connectivity index (χ1) is 10.8. The van der Waals surface area contributed by atoms with Crippen LogP contribution in [-0.4, -0.2) is 21.9 Å². The van der Waals surface area contributed by atoms with Crippen molar-refractivity contribution in [3.05, 3.63) is 60.3 Å². The molecule has 3 aromatic rings. The minimum absolute atomic E-state index is 0.245. The van der Waals surface area contributed by atoms with Gasteiger partial charge in [0, 0.05) is 5.25 Å². The molecule has 2 heterocycles. The van der Waals surface area contributed by atoms with E-state index in [1.54, 1.807) is 31.5 Å². The van der Waals surface area contributed by atoms with Crippen molar-refractivity contribution >= 4 is 11.8 Å². The third kappa shape index (κ3) is 3.33. The Morgan fingerprint density at radius 1 is 1.32 bits per heavy atom. The Bertz CT molecular complexity index is 725. The monoisotopic (exact) mass is 315 g/mol. The molecule has 0 aliphatic rings. The fraction of sp³-hybridized carbons (Fsp3) is 0.250. The topological polar surface area (TPSA) is 53.1 Å². The lowest BCUT2D eigenvalue weighted by molar-refractivity contribution is 0.414. The van der Waals surface area contributed by atoms with Gasteiger partial charge in [0.05, 0.1) is 19.9 Å². The number of hydrogen-bond acceptors (Lipinski definition) is 5. The summed E-state index contributed by atoms with van der Waals surface area (Å²) in [7, 11) is 1.68. The predicted molar refractivity (Wildman–Crippen MR) is 85.1 cm³/mol. The molecule has 0 fully saturated rings. The summed E-state index contributed by atoms with van der Waals surface area (Å²) in [4.78, 5) is 0. The highest BCUT2D eigenvalue weighted by Crippen LogP contribution is 2.34. The van der Waals surface area contributed by atoms with Gasteiger partial charge in [-0.05, 0) is 36.8 Å². The van der Waals surface area contributed by atoms with E-state index in [4.69, 9.17) is 9.15 Å². The Morgan fingerprint density at radius 2 is 2.23 bits per heavy atom. The van der Waals surface area contributed by atoms with Crippen LogP contribution in [0.25, 0.3) is 0 Å². The molecule has 3 rings (SSSR count). The summed E-state index contributed by atoms with van der Waals surface area (Å²) < 4.78 is 12.6. The fourth-order valence-electron chi connectivity index (χ4n) is 2.14. The molecule has 1 atom stereocenters. The number of thioether (sulfide) groups is 1. The summed E-state index contributed by atoms with van der Waals surface area (Å²) in [6.45, 7) is 2.78. The van der Waals surface area contributed by atoms with Gasteiger partial charge in [0.1, 0.15) is 17.8 Å². The zero-order valence-electron chi connectivity index (χ0n) is 12.5. The van der Waals surface area contributed by atoms with Crippen molar-refractivity contribution < 1.29 is 9.15 Å². The van der Waals surface area contributed by atoms with Gasteiger partial charge in [-0.15, -0.1) is 10.2 Å². The maximum Gasteiger partial charge on any atom is 0.192 e. The van der Waals surface area contributed by atoms with Crippen molar-refractivity contribution in [2.45, 2.75) is 23.9 Å². The van der Waals surface area contributed by atoms with Gasteiger partial charge in [0.15, 0.2) is 5.16 Å². The maximum atomic E-state index is 5.38. The minimum atomic E-state index is 0.245. The zero-order chi connectivity index (χ0) is 15.4. The average Bonchev–Trinajstić information content (AvgIpc) is 3.20. The predicted octanol–water partition coefficient (Wildman–Crippen LogP) is 3.78. The van der Waals surface area contributed by atoms with Gasteiger partial charge in [-0.25, -0.2) is 0 Å². The second kappa shape index (κ2) is 6.70. The highest BCUT2D eigenvalue weighted by Gasteiger charge is 2.14. The molecule has 0 saturated carbocycles. The molecule has 114 valence electrons. The highest BCUT2D eigenvalue weighted by molar-refractivity contribution is 7.99. The third-order valence-electron chi connectivity index (χ3n) is 3.33. The summed E-state index contributed by atoms with van der Waals surface area (Å²) in [5, 5.41) is 9.33. The number of aromatic nitrogens is 3. The largest absolute Gasteiger partial charge is 0.497 e. The average molecular weight is 315 g/mol. The smallest absolute Gasteiger partial charge is 0.192 e. The summed E-state index contributed by atoms with van der Waals surface area (Å²) in [5.41, 5.74) is 1.19. The van der Waals surface area contributed by atoms with Crippen molar-refractivity contribution in [1.82, 2.24) is 14.8 Å². The molecule has 1 unspecified atom stereocenters. The van der Waals surface area contributed by atoms with Crippen molar-refractivity contribution in [3.8, 4) is 5.75 Å². The van der Waals surface area contributed by atoms with Crippen molar-refractivity contribution in [2.24, 2.45) is 0 Å². The van der Waals surface area contributed by atoms with E-state index in [1.807, 2.05) is 34.9 Å². The first-order valence-electron chi connectivity index (χ1n) is 6.97. The first kappa shape index (κ1) is 14.7. The first-order valence-corrected chi connectivity index (χ1v) is 7.85. The lowest BCUT2D eigenvalue weighted by Crippen LogP contribution is -2.00. The molecular formula is C16H17N3O2S. The summed E-state index contributed by atoms with van der Waals surface area (Å²) in [6.07, 6.45) is 3.40. The number of furan rings is 1. The van der Waals surface area contributed by atoms with Crippen molar-refractivity contribution in [3.63, 3.8) is 0 Å². The number of methoxy groups -OCH3 is 1. The minimum Gasteiger partial charge on any atom is -0.497 e. The molecule has 22 heavy (non-hydrogen) atoms. The summed E-state index contributed by atoms with van der Waals surface area (Å²) in [6, 6.07) is 11.9. The van der Waals surface area contributed by atoms with Gasteiger partial charge in [-0.3, -0.25) is 0 Å². The summed E-state index contributed by atoms with van der Waals surface area (Å²) in [5.74, 6) is 1.75. The van der Waals surface area contributed by atoms with E-state index >= 15 is 0 Å². The lowest BCUT2D eigenvalue weighted by atomic mass is 10.1. The molecular weight excluding hydrogens is 298 g/mol. The SMILES string of the molecule is COc1cccc(C(C)Sc2nncn2Cc2ccco2)c1. The van der Waals surface area contributed by atoms with E-state index < -0.39 is 0 Å². The number of nitrogens with zero attached hydrogens (tertiary/aromatic N) is 3. The molecule has 0 aliphatic carbocycles. The van der Waals surface area contributed by atoms with Crippen LogP contribution in [0.2, 0.25) is 0 Å². The fourth-order valence-corrected chi connectivity index (χ4v) is 3.08. The number of ether oxygens (including phenoxy) is 1. The zero-order valence-corrected chi connectivity index (χ0v) is 13.3. The van der Waals surface area contributed by atoms with Crippen LogP contribution in [0.4, 0.5) is 0 Å². The molecule has 0 radical (unpaired) electrons. The van der Waals surface area contributed by atoms with Gasteiger partial charge in [-0.2, -0.15) is 0 Å². The van der Waals surface area contributed by atoms with Gasteiger partial charge < -0.3 is 13.7 Å². The van der Waals surface area contributed by atoms with E-state index in [9.17, 15) is 0 Å². The molecule has 0 N–H and O–H groups in total. The van der Waals surface area contributed by atoms with Crippen LogP contribution in [0.3, 0.4) is 0 Å². The van der Waals surface area contributed by atoms with Gasteiger partial charge >= 0.3 is 0 Å². The van der Waals surface area contributed by atoms with Crippen LogP contribution in [0.15, 0.2) is 58.6 Å². The Labute approximate surface area is 133 Å². The van der Waals surface area contributed by atoms with Crippen LogP contribution < -0.4 is 4.74 Å². The Hall–Kier alpha value is -2.21. The number of rotatable bonds is 6. The molecule has 0 saturated heterocycles. The van der Waals surface area contributed by atoms with E-state index in [2.05, 4.69) is 23.2 Å². The van der Waals surface area contributed by atoms with Crippen molar-refractivity contribution in [2.75, 3.05) is 7.11 Å². The van der Waals surface area contributed by atoms with Crippen LogP contribution >= 0.6 is 11.8 Å². The Morgan fingerprint density at radius 3 is 3.00 bits per heavy atom.